The van der Waals surface area contributed by atoms with Crippen molar-refractivity contribution in [3.05, 3.63) is 55.4 Å². The Bertz CT molecular complexity index is 1150. The molecular formula is C18H17F3N6O3S. The molecule has 0 saturated carbocycles. The van der Waals surface area contributed by atoms with Crippen LogP contribution >= 0.6 is 0 Å². The van der Waals surface area contributed by atoms with Gasteiger partial charge in [-0.3, -0.25) is 4.57 Å². The summed E-state index contributed by atoms with van der Waals surface area (Å²) < 4.78 is 70.7. The second kappa shape index (κ2) is 8.15. The fourth-order valence-electron chi connectivity index (χ4n) is 3.21. The van der Waals surface area contributed by atoms with Crippen LogP contribution in [0.4, 0.5) is 19.0 Å². The van der Waals surface area contributed by atoms with Crippen LogP contribution in [0.15, 0.2) is 60.3 Å². The van der Waals surface area contributed by atoms with Crippen LogP contribution < -0.4 is 9.64 Å². The van der Waals surface area contributed by atoms with Gasteiger partial charge in [-0.2, -0.15) is 4.31 Å². The van der Waals surface area contributed by atoms with Crippen molar-refractivity contribution in [3.8, 4) is 11.6 Å². The molecule has 0 amide bonds. The molecule has 3 heterocycles. The number of halogens is 3. The maximum Gasteiger partial charge on any atom is 0.573 e. The first-order valence-corrected chi connectivity index (χ1v) is 10.6. The zero-order valence-electron chi connectivity index (χ0n) is 16.0. The summed E-state index contributed by atoms with van der Waals surface area (Å²) in [5.74, 6) is 0.463. The van der Waals surface area contributed by atoms with Crippen molar-refractivity contribution in [2.24, 2.45) is 0 Å². The molecular weight excluding hydrogens is 437 g/mol. The van der Waals surface area contributed by atoms with E-state index in [0.717, 1.165) is 16.4 Å². The van der Waals surface area contributed by atoms with Crippen LogP contribution in [-0.2, 0) is 10.0 Å². The molecule has 1 saturated heterocycles. The lowest BCUT2D eigenvalue weighted by Gasteiger charge is -2.34. The number of benzene rings is 1. The summed E-state index contributed by atoms with van der Waals surface area (Å²) in [4.78, 5) is 13.8. The normalized spacial score (nSPS) is 15.8. The fourth-order valence-corrected chi connectivity index (χ4v) is 4.75. The summed E-state index contributed by atoms with van der Waals surface area (Å²) in [7, 11) is -4.18. The minimum absolute atomic E-state index is 0.0765. The van der Waals surface area contributed by atoms with Gasteiger partial charge >= 0.3 is 6.36 Å². The molecule has 0 N–H and O–H groups in total. The lowest BCUT2D eigenvalue weighted by atomic mass is 10.3. The summed E-state index contributed by atoms with van der Waals surface area (Å²) in [5.41, 5.74) is 0. The highest BCUT2D eigenvalue weighted by molar-refractivity contribution is 7.89. The molecule has 0 unspecified atom stereocenters. The summed E-state index contributed by atoms with van der Waals surface area (Å²) >= 11 is 0. The Morgan fingerprint density at radius 3 is 2.39 bits per heavy atom. The quantitative estimate of drug-likeness (QED) is 0.583. The van der Waals surface area contributed by atoms with E-state index in [4.69, 9.17) is 0 Å². The van der Waals surface area contributed by atoms with E-state index >= 15 is 0 Å². The standard InChI is InChI=1S/C18H17F3N6O3S/c19-18(20,21)30-14-3-1-2-4-15(14)31(28,29)27-9-7-25(8-10-27)16-11-17(24-12-23-16)26-6-5-22-13-26/h1-6,11-13H,7-10H2. The number of sulfonamides is 1. The van der Waals surface area contributed by atoms with Crippen molar-refractivity contribution in [3.63, 3.8) is 0 Å². The second-order valence-corrected chi connectivity index (χ2v) is 8.50. The molecule has 3 aromatic rings. The van der Waals surface area contributed by atoms with Crippen LogP contribution in [0, 0.1) is 0 Å². The Morgan fingerprint density at radius 1 is 1.00 bits per heavy atom. The molecule has 1 aliphatic heterocycles. The number of nitrogens with zero attached hydrogens (tertiary/aromatic N) is 6. The number of aromatic nitrogens is 4. The molecule has 1 aromatic carbocycles. The van der Waals surface area contributed by atoms with Gasteiger partial charge < -0.3 is 9.64 Å². The number of para-hydroxylation sites is 1. The maximum absolute atomic E-state index is 13.0. The van der Waals surface area contributed by atoms with E-state index in [1.54, 1.807) is 29.4 Å². The number of piperazine rings is 1. The van der Waals surface area contributed by atoms with E-state index in [9.17, 15) is 21.6 Å². The molecule has 2 aromatic heterocycles. The Kier molecular flexibility index (Phi) is 5.54. The molecule has 31 heavy (non-hydrogen) atoms. The first-order chi connectivity index (χ1) is 14.7. The molecule has 9 nitrogen and oxygen atoms in total. The number of imidazole rings is 1. The monoisotopic (exact) mass is 454 g/mol. The van der Waals surface area contributed by atoms with E-state index in [1.807, 2.05) is 4.90 Å². The maximum atomic E-state index is 13.0. The van der Waals surface area contributed by atoms with Crippen molar-refractivity contribution in [1.29, 1.82) is 0 Å². The fraction of sp³-hybridized carbons (Fsp3) is 0.278. The van der Waals surface area contributed by atoms with Gasteiger partial charge in [0.05, 0.1) is 0 Å². The van der Waals surface area contributed by atoms with Crippen LogP contribution in [0.5, 0.6) is 5.75 Å². The highest BCUT2D eigenvalue weighted by atomic mass is 32.2. The third-order valence-electron chi connectivity index (χ3n) is 4.66. The summed E-state index contributed by atoms with van der Waals surface area (Å²) in [6.07, 6.45) is 1.35. The number of alkyl halides is 3. The van der Waals surface area contributed by atoms with Crippen molar-refractivity contribution in [2.45, 2.75) is 11.3 Å². The molecule has 0 radical (unpaired) electrons. The average Bonchev–Trinajstić information content (AvgIpc) is 3.28. The predicted octanol–water partition coefficient (Wildman–Crippen LogP) is 2.07. The van der Waals surface area contributed by atoms with Crippen molar-refractivity contribution in [1.82, 2.24) is 23.8 Å². The Labute approximate surface area is 175 Å². The van der Waals surface area contributed by atoms with E-state index in [0.29, 0.717) is 24.7 Å². The number of hydrogen-bond donors (Lipinski definition) is 0. The van der Waals surface area contributed by atoms with Gasteiger partial charge in [0.15, 0.2) is 0 Å². The predicted molar refractivity (Wildman–Crippen MR) is 103 cm³/mol. The molecule has 0 bridgehead atoms. The lowest BCUT2D eigenvalue weighted by Crippen LogP contribution is -2.49. The highest BCUT2D eigenvalue weighted by Crippen LogP contribution is 2.31. The Hall–Kier alpha value is -3.19. The van der Waals surface area contributed by atoms with Gasteiger partial charge in [-0.15, -0.1) is 13.2 Å². The van der Waals surface area contributed by atoms with Crippen molar-refractivity contribution >= 4 is 15.8 Å². The molecule has 0 spiro atoms. The minimum Gasteiger partial charge on any atom is -0.404 e. The molecule has 1 fully saturated rings. The number of rotatable bonds is 5. The first kappa shape index (κ1) is 21.1. The van der Waals surface area contributed by atoms with E-state index in [2.05, 4.69) is 19.7 Å². The highest BCUT2D eigenvalue weighted by Gasteiger charge is 2.36. The van der Waals surface area contributed by atoms with Gasteiger partial charge in [0, 0.05) is 44.6 Å². The van der Waals surface area contributed by atoms with Crippen molar-refractivity contribution in [2.75, 3.05) is 31.1 Å². The SMILES string of the molecule is O=S(=O)(c1ccccc1OC(F)(F)F)N1CCN(c2cc(-n3ccnc3)ncn2)CC1. The smallest absolute Gasteiger partial charge is 0.404 e. The lowest BCUT2D eigenvalue weighted by molar-refractivity contribution is -0.275. The zero-order chi connectivity index (χ0) is 22.1. The first-order valence-electron chi connectivity index (χ1n) is 9.14. The van der Waals surface area contributed by atoms with Crippen molar-refractivity contribution < 1.29 is 26.3 Å². The topological polar surface area (TPSA) is 93.5 Å². The van der Waals surface area contributed by atoms with E-state index in [1.165, 1.54) is 18.5 Å². The van der Waals surface area contributed by atoms with Crippen LogP contribution in [0.3, 0.4) is 0 Å². The van der Waals surface area contributed by atoms with Crippen LogP contribution in [0.25, 0.3) is 5.82 Å². The molecule has 0 atom stereocenters. The number of ether oxygens (including phenoxy) is 1. The summed E-state index contributed by atoms with van der Waals surface area (Å²) in [5, 5.41) is 0. The van der Waals surface area contributed by atoms with Gasteiger partial charge in [-0.1, -0.05) is 12.1 Å². The van der Waals surface area contributed by atoms with Gasteiger partial charge in [0.2, 0.25) is 10.0 Å². The molecule has 0 aliphatic carbocycles. The minimum atomic E-state index is -5.00. The molecule has 1 aliphatic rings. The summed E-state index contributed by atoms with van der Waals surface area (Å²) in [6.45, 7) is 0.768. The van der Waals surface area contributed by atoms with E-state index < -0.39 is 27.0 Å². The third-order valence-corrected chi connectivity index (χ3v) is 6.60. The van der Waals surface area contributed by atoms with Gasteiger partial charge in [0.25, 0.3) is 0 Å². The second-order valence-electron chi connectivity index (χ2n) is 6.59. The van der Waals surface area contributed by atoms with E-state index in [-0.39, 0.29) is 13.1 Å². The van der Waals surface area contributed by atoms with Gasteiger partial charge in [-0.05, 0) is 12.1 Å². The molecule has 4 rings (SSSR count). The van der Waals surface area contributed by atoms with Gasteiger partial charge in [0.1, 0.15) is 34.9 Å². The molecule has 164 valence electrons. The Morgan fingerprint density at radius 2 is 1.71 bits per heavy atom. The zero-order valence-corrected chi connectivity index (χ0v) is 16.8. The van der Waals surface area contributed by atoms with Gasteiger partial charge in [-0.25, -0.2) is 23.4 Å². The molecule has 13 heteroatoms. The van der Waals surface area contributed by atoms with Crippen LogP contribution in [0.1, 0.15) is 0 Å². The third kappa shape index (κ3) is 4.61. The number of anilines is 1. The summed E-state index contributed by atoms with van der Waals surface area (Å²) in [6, 6.07) is 6.47. The largest absolute Gasteiger partial charge is 0.573 e. The van der Waals surface area contributed by atoms with Crippen LogP contribution in [-0.4, -0.2) is 64.8 Å². The van der Waals surface area contributed by atoms with Crippen LogP contribution in [0.2, 0.25) is 0 Å². The number of hydrogen-bond acceptors (Lipinski definition) is 7. The Balaban J connectivity index is 1.50. The average molecular weight is 454 g/mol.